The van der Waals surface area contributed by atoms with E-state index >= 15 is 0 Å². The Balaban J connectivity index is 1.73. The maximum atomic E-state index is 2.49. The molecule has 1 heteroatoms. The highest BCUT2D eigenvalue weighted by atomic mass is 15.0. The van der Waals surface area contributed by atoms with Gasteiger partial charge in [0, 0.05) is 27.2 Å². The maximum absolute atomic E-state index is 2.49. The molecule has 0 fully saturated rings. The number of rotatable bonds is 1. The topological polar surface area (TPSA) is 4.93 Å². The number of fused-ring (bicyclic) bond motifs is 8. The van der Waals surface area contributed by atoms with Gasteiger partial charge in [0.2, 0.25) is 0 Å². The second kappa shape index (κ2) is 6.87. The van der Waals surface area contributed by atoms with Crippen molar-refractivity contribution in [3.63, 3.8) is 0 Å². The zero-order chi connectivity index (χ0) is 24.1. The first-order valence-electron chi connectivity index (χ1n) is 12.9. The van der Waals surface area contributed by atoms with Crippen molar-refractivity contribution in [2.24, 2.45) is 0 Å². The zero-order valence-corrected chi connectivity index (χ0v) is 20.1. The van der Waals surface area contributed by atoms with E-state index in [9.17, 15) is 0 Å². The summed E-state index contributed by atoms with van der Waals surface area (Å²) in [4.78, 5) is 0. The van der Waals surface area contributed by atoms with Crippen LogP contribution in [0.5, 0.6) is 0 Å². The first kappa shape index (κ1) is 19.3. The molecule has 1 aliphatic carbocycles. The fourth-order valence-electron chi connectivity index (χ4n) is 6.87. The van der Waals surface area contributed by atoms with Gasteiger partial charge in [0.05, 0.1) is 11.0 Å². The second-order valence-electron chi connectivity index (χ2n) is 10.1. The molecule has 0 N–H and O–H groups in total. The van der Waals surface area contributed by atoms with Crippen molar-refractivity contribution in [2.45, 2.75) is 0 Å². The van der Waals surface area contributed by atoms with Gasteiger partial charge in [0.1, 0.15) is 0 Å². The number of benzene rings is 7. The van der Waals surface area contributed by atoms with Crippen LogP contribution >= 0.6 is 0 Å². The van der Waals surface area contributed by atoms with Crippen molar-refractivity contribution >= 4 is 54.1 Å². The van der Waals surface area contributed by atoms with Crippen LogP contribution in [0.25, 0.3) is 82.1 Å². The van der Waals surface area contributed by atoms with Gasteiger partial charge in [-0.1, -0.05) is 103 Å². The first-order chi connectivity index (χ1) is 18.4. The molecule has 1 nitrogen and oxygen atoms in total. The quantitative estimate of drug-likeness (QED) is 0.212. The predicted molar refractivity (Wildman–Crippen MR) is 158 cm³/mol. The average Bonchev–Trinajstić information content (AvgIpc) is 3.27. The van der Waals surface area contributed by atoms with E-state index in [0.717, 1.165) is 0 Å². The molecule has 9 rings (SSSR count). The monoisotopic (exact) mass is 467 g/mol. The molecule has 0 radical (unpaired) electrons. The van der Waals surface area contributed by atoms with Gasteiger partial charge in [-0.05, 0) is 68.1 Å². The lowest BCUT2D eigenvalue weighted by molar-refractivity contribution is 1.19. The van der Waals surface area contributed by atoms with Gasteiger partial charge in [-0.3, -0.25) is 0 Å². The van der Waals surface area contributed by atoms with Crippen LogP contribution in [0.1, 0.15) is 0 Å². The number of para-hydroxylation sites is 1. The molecule has 1 aliphatic rings. The lowest BCUT2D eigenvalue weighted by Crippen LogP contribution is -1.96. The largest absolute Gasteiger partial charge is 0.309 e. The van der Waals surface area contributed by atoms with Gasteiger partial charge in [0.15, 0.2) is 0 Å². The van der Waals surface area contributed by atoms with Gasteiger partial charge in [-0.15, -0.1) is 0 Å². The number of nitrogens with zero attached hydrogens (tertiary/aromatic N) is 1. The van der Waals surface area contributed by atoms with Crippen LogP contribution in [-0.4, -0.2) is 4.57 Å². The number of aromatic nitrogens is 1. The Kier molecular flexibility index (Phi) is 3.59. The van der Waals surface area contributed by atoms with Gasteiger partial charge in [0.25, 0.3) is 0 Å². The molecule has 8 aromatic rings. The van der Waals surface area contributed by atoms with Crippen LogP contribution < -0.4 is 0 Å². The highest BCUT2D eigenvalue weighted by molar-refractivity contribution is 6.41. The van der Waals surface area contributed by atoms with Crippen molar-refractivity contribution in [2.75, 3.05) is 0 Å². The third-order valence-electron chi connectivity index (χ3n) is 8.27. The Bertz CT molecular complexity index is 2230. The summed E-state index contributed by atoms with van der Waals surface area (Å²) in [7, 11) is 0. The maximum Gasteiger partial charge on any atom is 0.0626 e. The van der Waals surface area contributed by atoms with Gasteiger partial charge >= 0.3 is 0 Å². The lowest BCUT2D eigenvalue weighted by atomic mass is 9.88. The molecule has 0 saturated heterocycles. The van der Waals surface area contributed by atoms with E-state index in [2.05, 4.69) is 132 Å². The van der Waals surface area contributed by atoms with Crippen molar-refractivity contribution in [3.05, 3.63) is 127 Å². The Hall–Kier alpha value is -4.88. The summed E-state index contributed by atoms with van der Waals surface area (Å²) < 4.78 is 2.49. The number of hydrogen-bond donors (Lipinski definition) is 0. The van der Waals surface area contributed by atoms with Gasteiger partial charge in [-0.25, -0.2) is 0 Å². The Morgan fingerprint density at radius 2 is 1.03 bits per heavy atom. The molecule has 1 heterocycles. The highest BCUT2D eigenvalue weighted by Crippen LogP contribution is 2.53. The van der Waals surface area contributed by atoms with Crippen molar-refractivity contribution in [3.8, 4) is 27.9 Å². The summed E-state index contributed by atoms with van der Waals surface area (Å²) >= 11 is 0. The highest BCUT2D eigenvalue weighted by Gasteiger charge is 2.27. The van der Waals surface area contributed by atoms with E-state index < -0.39 is 0 Å². The standard InChI is InChI=1S/C36H21N/c1-2-12-23(13-3-1)37-31-20-10-19-27-25-15-6-7-16-26(25)30-21-22-11-4-5-14-24(22)32-28-17-8-9-18-29(28)36(37)35(33(27)31)34(30)32/h1-21H. The molecule has 0 amide bonds. The van der Waals surface area contributed by atoms with Crippen LogP contribution in [-0.2, 0) is 0 Å². The summed E-state index contributed by atoms with van der Waals surface area (Å²) in [6.07, 6.45) is 0. The number of hydrogen-bond acceptors (Lipinski definition) is 0. The Morgan fingerprint density at radius 1 is 0.378 bits per heavy atom. The third-order valence-corrected chi connectivity index (χ3v) is 8.27. The van der Waals surface area contributed by atoms with E-state index in [1.807, 2.05) is 0 Å². The summed E-state index contributed by atoms with van der Waals surface area (Å²) in [5.41, 5.74) is 8.99. The fourth-order valence-corrected chi connectivity index (χ4v) is 6.87. The van der Waals surface area contributed by atoms with Crippen LogP contribution in [0.2, 0.25) is 0 Å². The van der Waals surface area contributed by atoms with Crippen molar-refractivity contribution < 1.29 is 0 Å². The first-order valence-corrected chi connectivity index (χ1v) is 12.9. The van der Waals surface area contributed by atoms with E-state index in [4.69, 9.17) is 0 Å². The van der Waals surface area contributed by atoms with E-state index in [1.165, 1.54) is 82.1 Å². The average molecular weight is 468 g/mol. The SMILES string of the molecule is c1ccc(-n2c3cccc4c3c3c5c(cc6ccccc6c5c5ccccc5c32)-c2ccccc2-4)cc1. The van der Waals surface area contributed by atoms with Crippen LogP contribution in [0.4, 0.5) is 0 Å². The lowest BCUT2D eigenvalue weighted by Gasteiger charge is -2.17. The molecule has 0 unspecified atom stereocenters. The summed E-state index contributed by atoms with van der Waals surface area (Å²) in [5, 5.41) is 10.6. The minimum Gasteiger partial charge on any atom is -0.309 e. The van der Waals surface area contributed by atoms with E-state index in [-0.39, 0.29) is 0 Å². The van der Waals surface area contributed by atoms with Crippen molar-refractivity contribution in [1.29, 1.82) is 0 Å². The minimum absolute atomic E-state index is 1.19. The van der Waals surface area contributed by atoms with E-state index in [1.54, 1.807) is 0 Å². The molecule has 0 spiro atoms. The molecule has 0 aliphatic heterocycles. The van der Waals surface area contributed by atoms with Crippen LogP contribution in [0, 0.1) is 0 Å². The Morgan fingerprint density at radius 3 is 1.86 bits per heavy atom. The molecule has 0 bridgehead atoms. The summed E-state index contributed by atoms with van der Waals surface area (Å²) in [6.45, 7) is 0. The minimum atomic E-state index is 1.19. The van der Waals surface area contributed by atoms with Crippen molar-refractivity contribution in [1.82, 2.24) is 4.57 Å². The molecule has 0 atom stereocenters. The molecule has 0 saturated carbocycles. The smallest absolute Gasteiger partial charge is 0.0626 e. The molecule has 7 aromatic carbocycles. The van der Waals surface area contributed by atoms with E-state index in [0.29, 0.717) is 0 Å². The zero-order valence-electron chi connectivity index (χ0n) is 20.1. The van der Waals surface area contributed by atoms with Gasteiger partial charge in [-0.2, -0.15) is 0 Å². The summed E-state index contributed by atoms with van der Waals surface area (Å²) in [5.74, 6) is 0. The normalized spacial score (nSPS) is 12.3. The fraction of sp³-hybridized carbons (Fsp3) is 0. The molecule has 37 heavy (non-hydrogen) atoms. The molecule has 170 valence electrons. The predicted octanol–water partition coefficient (Wildman–Crippen LogP) is 9.89. The van der Waals surface area contributed by atoms with Gasteiger partial charge < -0.3 is 4.57 Å². The van der Waals surface area contributed by atoms with Crippen LogP contribution in [0.3, 0.4) is 0 Å². The second-order valence-corrected chi connectivity index (χ2v) is 10.1. The molecule has 1 aromatic heterocycles. The molecular weight excluding hydrogens is 446 g/mol. The van der Waals surface area contributed by atoms with Crippen LogP contribution in [0.15, 0.2) is 127 Å². The third kappa shape index (κ3) is 2.34. The summed E-state index contributed by atoms with van der Waals surface area (Å²) in [6, 6.07) is 46.9. The Labute approximate surface area is 213 Å². The molecular formula is C36H21N.